The van der Waals surface area contributed by atoms with Crippen LogP contribution in [0.25, 0.3) is 0 Å². The minimum Gasteiger partial charge on any atom is -0.506 e. The number of nitro groups is 1. The summed E-state index contributed by atoms with van der Waals surface area (Å²) in [7, 11) is 0. The van der Waals surface area contributed by atoms with E-state index in [1.807, 2.05) is 6.07 Å². The van der Waals surface area contributed by atoms with Gasteiger partial charge < -0.3 is 10.4 Å². The van der Waals surface area contributed by atoms with Crippen LogP contribution in [0.2, 0.25) is 0 Å². The third-order valence-corrected chi connectivity index (χ3v) is 4.64. The molecule has 0 bridgehead atoms. The summed E-state index contributed by atoms with van der Waals surface area (Å²) in [5.41, 5.74) is 0.784. The fourth-order valence-corrected chi connectivity index (χ4v) is 3.22. The van der Waals surface area contributed by atoms with E-state index in [2.05, 4.69) is 5.32 Å². The van der Waals surface area contributed by atoms with E-state index in [1.54, 1.807) is 48.5 Å². The number of para-hydroxylation sites is 2. The molecule has 0 saturated carbocycles. The summed E-state index contributed by atoms with van der Waals surface area (Å²) in [6.45, 7) is 0. The van der Waals surface area contributed by atoms with E-state index in [9.17, 15) is 20.0 Å². The molecule has 3 aromatic rings. The number of nitro benzene ring substituents is 1. The zero-order valence-electron chi connectivity index (χ0n) is 13.5. The number of carbonyl (C=O) groups is 1. The second-order valence-electron chi connectivity index (χ2n) is 5.32. The largest absolute Gasteiger partial charge is 0.506 e. The van der Waals surface area contributed by atoms with Crippen LogP contribution in [0.5, 0.6) is 5.75 Å². The molecule has 3 aromatic carbocycles. The number of amides is 1. The van der Waals surface area contributed by atoms with Crippen LogP contribution in [0.4, 0.5) is 11.4 Å². The first kappa shape index (κ1) is 17.5. The van der Waals surface area contributed by atoms with Crippen molar-refractivity contribution in [1.82, 2.24) is 0 Å². The van der Waals surface area contributed by atoms with Gasteiger partial charge in [-0.25, -0.2) is 0 Å². The molecule has 0 aliphatic carbocycles. The molecule has 0 heterocycles. The molecule has 26 heavy (non-hydrogen) atoms. The molecule has 6 nitrogen and oxygen atoms in total. The van der Waals surface area contributed by atoms with Crippen LogP contribution in [0.1, 0.15) is 10.4 Å². The van der Waals surface area contributed by atoms with Crippen molar-refractivity contribution >= 4 is 29.0 Å². The first-order valence-corrected chi connectivity index (χ1v) is 8.47. The summed E-state index contributed by atoms with van der Waals surface area (Å²) >= 11 is 1.33. The number of hydrogen-bond acceptors (Lipinski definition) is 5. The maximum absolute atomic E-state index is 12.6. The normalized spacial score (nSPS) is 10.3. The molecule has 0 saturated heterocycles. The Labute approximate surface area is 153 Å². The lowest BCUT2D eigenvalue weighted by atomic mass is 10.2. The highest BCUT2D eigenvalue weighted by Gasteiger charge is 2.14. The van der Waals surface area contributed by atoms with E-state index in [4.69, 9.17) is 0 Å². The Morgan fingerprint density at radius 2 is 1.62 bits per heavy atom. The molecule has 0 aliphatic heterocycles. The van der Waals surface area contributed by atoms with Crippen molar-refractivity contribution in [2.75, 3.05) is 5.32 Å². The molecular weight excluding hydrogens is 352 g/mol. The molecule has 3 rings (SSSR count). The Morgan fingerprint density at radius 3 is 2.31 bits per heavy atom. The van der Waals surface area contributed by atoms with Gasteiger partial charge in [0.05, 0.1) is 16.2 Å². The van der Waals surface area contributed by atoms with Crippen LogP contribution in [-0.4, -0.2) is 15.9 Å². The summed E-state index contributed by atoms with van der Waals surface area (Å²) in [5, 5.41) is 23.2. The smallest absolute Gasteiger partial charge is 0.269 e. The summed E-state index contributed by atoms with van der Waals surface area (Å²) in [6.07, 6.45) is 0. The first-order chi connectivity index (χ1) is 12.5. The van der Waals surface area contributed by atoms with Crippen LogP contribution in [0.3, 0.4) is 0 Å². The number of non-ortho nitro benzene ring substituents is 1. The molecule has 0 aliphatic rings. The second kappa shape index (κ2) is 7.71. The van der Waals surface area contributed by atoms with Gasteiger partial charge in [-0.2, -0.15) is 0 Å². The van der Waals surface area contributed by atoms with Gasteiger partial charge in [0.2, 0.25) is 0 Å². The fourth-order valence-electron chi connectivity index (χ4n) is 2.28. The van der Waals surface area contributed by atoms with Gasteiger partial charge in [-0.3, -0.25) is 14.9 Å². The van der Waals surface area contributed by atoms with E-state index < -0.39 is 4.92 Å². The average Bonchev–Trinajstić information content (AvgIpc) is 2.64. The molecule has 0 spiro atoms. The number of phenolic OH excluding ortho intramolecular Hbond substituents is 1. The molecule has 1 amide bonds. The Bertz CT molecular complexity index is 958. The summed E-state index contributed by atoms with van der Waals surface area (Å²) in [6, 6.07) is 19.7. The molecule has 0 radical (unpaired) electrons. The number of nitrogens with zero attached hydrogens (tertiary/aromatic N) is 1. The first-order valence-electron chi connectivity index (χ1n) is 7.65. The molecule has 2 N–H and O–H groups in total. The standard InChI is InChI=1S/C19H14N2O4S/c22-17-7-3-2-6-16(17)20-19(23)15-5-1-4-8-18(15)26-14-11-9-13(10-12-14)21(24)25/h1-12,22H,(H,20,23). The molecule has 0 atom stereocenters. The monoisotopic (exact) mass is 366 g/mol. The number of phenols is 1. The lowest BCUT2D eigenvalue weighted by Crippen LogP contribution is -2.13. The van der Waals surface area contributed by atoms with E-state index in [1.165, 1.54) is 30.0 Å². The van der Waals surface area contributed by atoms with E-state index >= 15 is 0 Å². The second-order valence-corrected chi connectivity index (χ2v) is 6.44. The quantitative estimate of drug-likeness (QED) is 0.388. The van der Waals surface area contributed by atoms with Gasteiger partial charge >= 0.3 is 0 Å². The van der Waals surface area contributed by atoms with Crippen LogP contribution in [0.15, 0.2) is 82.6 Å². The van der Waals surface area contributed by atoms with E-state index in [0.717, 1.165) is 4.90 Å². The molecule has 130 valence electrons. The number of carbonyl (C=O) groups excluding carboxylic acids is 1. The molecular formula is C19H14N2O4S. The van der Waals surface area contributed by atoms with Gasteiger partial charge in [0.25, 0.3) is 11.6 Å². The number of aromatic hydroxyl groups is 1. The number of hydrogen-bond donors (Lipinski definition) is 2. The molecule has 0 unspecified atom stereocenters. The third-order valence-electron chi connectivity index (χ3n) is 3.56. The van der Waals surface area contributed by atoms with Crippen molar-refractivity contribution in [3.8, 4) is 5.75 Å². The van der Waals surface area contributed by atoms with Crippen molar-refractivity contribution in [1.29, 1.82) is 0 Å². The number of nitrogens with one attached hydrogen (secondary N) is 1. The highest BCUT2D eigenvalue weighted by Crippen LogP contribution is 2.32. The summed E-state index contributed by atoms with van der Waals surface area (Å²) in [5.74, 6) is -0.363. The predicted octanol–water partition coefficient (Wildman–Crippen LogP) is 4.70. The molecule has 0 aromatic heterocycles. The van der Waals surface area contributed by atoms with Crippen molar-refractivity contribution in [3.05, 3.63) is 88.5 Å². The Balaban J connectivity index is 1.82. The van der Waals surface area contributed by atoms with E-state index in [0.29, 0.717) is 16.1 Å². The Kier molecular flexibility index (Phi) is 5.19. The van der Waals surface area contributed by atoms with Gasteiger partial charge in [0, 0.05) is 21.9 Å². The lowest BCUT2D eigenvalue weighted by Gasteiger charge is -2.11. The predicted molar refractivity (Wildman–Crippen MR) is 99.7 cm³/mol. The van der Waals surface area contributed by atoms with Gasteiger partial charge in [-0.05, 0) is 36.4 Å². The maximum atomic E-state index is 12.6. The highest BCUT2D eigenvalue weighted by molar-refractivity contribution is 7.99. The number of benzene rings is 3. The minimum absolute atomic E-state index is 0.0126. The zero-order valence-corrected chi connectivity index (χ0v) is 14.3. The summed E-state index contributed by atoms with van der Waals surface area (Å²) in [4.78, 5) is 24.4. The van der Waals surface area contributed by atoms with Gasteiger partial charge in [-0.1, -0.05) is 36.0 Å². The lowest BCUT2D eigenvalue weighted by molar-refractivity contribution is -0.384. The van der Waals surface area contributed by atoms with E-state index in [-0.39, 0.29) is 17.3 Å². The molecule has 0 fully saturated rings. The van der Waals surface area contributed by atoms with Crippen molar-refractivity contribution in [2.45, 2.75) is 9.79 Å². The zero-order chi connectivity index (χ0) is 18.5. The third kappa shape index (κ3) is 4.01. The van der Waals surface area contributed by atoms with Crippen LogP contribution < -0.4 is 5.32 Å². The van der Waals surface area contributed by atoms with Crippen molar-refractivity contribution in [3.63, 3.8) is 0 Å². The van der Waals surface area contributed by atoms with Gasteiger partial charge in [-0.15, -0.1) is 0 Å². The average molecular weight is 366 g/mol. The SMILES string of the molecule is O=C(Nc1ccccc1O)c1ccccc1Sc1ccc([N+](=O)[O-])cc1. The number of anilines is 1. The van der Waals surface area contributed by atoms with Crippen molar-refractivity contribution < 1.29 is 14.8 Å². The number of rotatable bonds is 5. The Hall–Kier alpha value is -3.32. The highest BCUT2D eigenvalue weighted by atomic mass is 32.2. The summed E-state index contributed by atoms with van der Waals surface area (Å²) < 4.78 is 0. The van der Waals surface area contributed by atoms with Gasteiger partial charge in [0.1, 0.15) is 5.75 Å². The minimum atomic E-state index is -0.456. The maximum Gasteiger partial charge on any atom is 0.269 e. The van der Waals surface area contributed by atoms with Gasteiger partial charge in [0.15, 0.2) is 0 Å². The van der Waals surface area contributed by atoms with Crippen LogP contribution in [-0.2, 0) is 0 Å². The molecule has 7 heteroatoms. The van der Waals surface area contributed by atoms with Crippen molar-refractivity contribution in [2.24, 2.45) is 0 Å². The topological polar surface area (TPSA) is 92.5 Å². The van der Waals surface area contributed by atoms with Crippen LogP contribution >= 0.6 is 11.8 Å². The fraction of sp³-hybridized carbons (Fsp3) is 0. The Morgan fingerprint density at radius 1 is 0.962 bits per heavy atom. The van der Waals surface area contributed by atoms with Crippen LogP contribution in [0, 0.1) is 10.1 Å².